The molecule has 0 bridgehead atoms. The van der Waals surface area contributed by atoms with Crippen molar-refractivity contribution in [2.45, 2.75) is 26.4 Å². The number of rotatable bonds is 4. The van der Waals surface area contributed by atoms with E-state index in [-0.39, 0.29) is 0 Å². The molecule has 2 heterocycles. The molecule has 0 aliphatic carbocycles. The van der Waals surface area contributed by atoms with Gasteiger partial charge in [0.25, 0.3) is 0 Å². The zero-order valence-electron chi connectivity index (χ0n) is 11.6. The van der Waals surface area contributed by atoms with Crippen molar-refractivity contribution in [3.8, 4) is 0 Å². The van der Waals surface area contributed by atoms with Crippen LogP contribution in [0.3, 0.4) is 0 Å². The maximum absolute atomic E-state index is 4.40. The number of nitrogens with one attached hydrogen (secondary N) is 2. The molecular formula is C14H18N6. The Labute approximate surface area is 118 Å². The summed E-state index contributed by atoms with van der Waals surface area (Å²) in [6.45, 7) is 4.96. The molecule has 2 N–H and O–H groups in total. The predicted molar refractivity (Wildman–Crippen MR) is 77.6 cm³/mol. The lowest BCUT2D eigenvalue weighted by molar-refractivity contribution is 0.246. The maximum Gasteiger partial charge on any atom is 0.176 e. The Morgan fingerprint density at radius 1 is 1.20 bits per heavy atom. The summed E-state index contributed by atoms with van der Waals surface area (Å²) in [6, 6.07) is 10.6. The van der Waals surface area contributed by atoms with Crippen molar-refractivity contribution >= 4 is 5.84 Å². The largest absolute Gasteiger partial charge is 0.268 e. The van der Waals surface area contributed by atoms with Crippen LogP contribution >= 0.6 is 0 Å². The summed E-state index contributed by atoms with van der Waals surface area (Å²) < 4.78 is 1.92. The number of hydrogen-bond acceptors (Lipinski definition) is 5. The first-order valence-electron chi connectivity index (χ1n) is 6.68. The molecule has 0 spiro atoms. The Hall–Kier alpha value is -2.34. The fourth-order valence-corrected chi connectivity index (χ4v) is 2.15. The fraction of sp³-hybridized carbons (Fsp3) is 0.286. The van der Waals surface area contributed by atoms with Crippen molar-refractivity contribution in [2.24, 2.45) is 5.10 Å². The Morgan fingerprint density at radius 2 is 2.00 bits per heavy atom. The van der Waals surface area contributed by atoms with Crippen molar-refractivity contribution in [1.29, 1.82) is 0 Å². The van der Waals surface area contributed by atoms with Gasteiger partial charge in [0, 0.05) is 12.2 Å². The fourth-order valence-electron chi connectivity index (χ4n) is 2.15. The molecule has 2 aromatic rings. The van der Waals surface area contributed by atoms with Gasteiger partial charge in [0.2, 0.25) is 0 Å². The molecule has 1 aromatic carbocycles. The molecule has 1 aliphatic heterocycles. The molecule has 0 radical (unpaired) electrons. The van der Waals surface area contributed by atoms with Crippen LogP contribution in [0.2, 0.25) is 0 Å². The molecule has 3 rings (SSSR count). The summed E-state index contributed by atoms with van der Waals surface area (Å²) >= 11 is 0. The summed E-state index contributed by atoms with van der Waals surface area (Å²) in [5.41, 5.74) is 8.02. The van der Waals surface area contributed by atoms with Crippen molar-refractivity contribution in [1.82, 2.24) is 25.9 Å². The van der Waals surface area contributed by atoms with Gasteiger partial charge in [-0.1, -0.05) is 30.3 Å². The molecule has 0 amide bonds. The molecule has 0 atom stereocenters. The van der Waals surface area contributed by atoms with Gasteiger partial charge in [-0.2, -0.15) is 5.10 Å². The molecule has 104 valence electrons. The lowest BCUT2D eigenvalue weighted by Crippen LogP contribution is -2.45. The Bertz CT molecular complexity index is 601. The summed E-state index contributed by atoms with van der Waals surface area (Å²) in [4.78, 5) is 0. The zero-order chi connectivity index (χ0) is 13.9. The van der Waals surface area contributed by atoms with E-state index in [4.69, 9.17) is 0 Å². The molecule has 1 aliphatic rings. The van der Waals surface area contributed by atoms with Crippen molar-refractivity contribution < 1.29 is 0 Å². The Morgan fingerprint density at radius 3 is 2.75 bits per heavy atom. The van der Waals surface area contributed by atoms with Crippen LogP contribution in [0, 0.1) is 0 Å². The van der Waals surface area contributed by atoms with Gasteiger partial charge in [-0.3, -0.25) is 9.69 Å². The van der Waals surface area contributed by atoms with Gasteiger partial charge >= 0.3 is 0 Å². The lowest BCUT2D eigenvalue weighted by Gasteiger charge is -2.22. The molecular weight excluding hydrogens is 252 g/mol. The quantitative estimate of drug-likeness (QED) is 0.880. The average molecular weight is 270 g/mol. The van der Waals surface area contributed by atoms with Crippen molar-refractivity contribution in [3.63, 3.8) is 0 Å². The Kier molecular flexibility index (Phi) is 3.39. The molecule has 0 saturated carbocycles. The molecule has 6 nitrogen and oxygen atoms in total. The van der Waals surface area contributed by atoms with Gasteiger partial charge < -0.3 is 0 Å². The van der Waals surface area contributed by atoms with E-state index in [9.17, 15) is 0 Å². The van der Waals surface area contributed by atoms with E-state index in [2.05, 4.69) is 47.2 Å². The minimum absolute atomic E-state index is 0.307. The topological polar surface area (TPSA) is 57.5 Å². The second kappa shape index (κ2) is 5.34. The zero-order valence-corrected chi connectivity index (χ0v) is 11.6. The van der Waals surface area contributed by atoms with Crippen molar-refractivity contribution in [2.75, 3.05) is 0 Å². The number of nitrogens with zero attached hydrogens (tertiary/aromatic N) is 4. The van der Waals surface area contributed by atoms with Crippen LogP contribution in [-0.2, 0) is 6.54 Å². The minimum atomic E-state index is 0.307. The minimum Gasteiger partial charge on any atom is -0.268 e. The number of benzene rings is 1. The normalized spacial score (nSPS) is 14.6. The molecule has 20 heavy (non-hydrogen) atoms. The third kappa shape index (κ3) is 2.50. The van der Waals surface area contributed by atoms with Crippen LogP contribution < -0.4 is 11.1 Å². The van der Waals surface area contributed by atoms with Crippen LogP contribution in [0.15, 0.2) is 47.8 Å². The van der Waals surface area contributed by atoms with Crippen LogP contribution in [0.25, 0.3) is 0 Å². The molecule has 0 saturated heterocycles. The number of hydrazone groups is 1. The highest BCUT2D eigenvalue weighted by molar-refractivity contribution is 5.98. The summed E-state index contributed by atoms with van der Waals surface area (Å²) in [6.07, 6.45) is 3.85. The van der Waals surface area contributed by atoms with Gasteiger partial charge in [0.1, 0.15) is 0 Å². The van der Waals surface area contributed by atoms with Gasteiger partial charge in [0.15, 0.2) is 5.84 Å². The van der Waals surface area contributed by atoms with E-state index < -0.39 is 0 Å². The average Bonchev–Trinajstić information content (AvgIpc) is 3.07. The summed E-state index contributed by atoms with van der Waals surface area (Å²) in [5.74, 6) is 0.860. The SMILES string of the molecule is CC(C)N1NNN=C1c1cnn(Cc2ccccc2)c1. The first-order valence-corrected chi connectivity index (χ1v) is 6.68. The molecule has 0 unspecified atom stereocenters. The van der Waals surface area contributed by atoms with E-state index in [1.54, 1.807) is 0 Å². The van der Waals surface area contributed by atoms with E-state index in [1.807, 2.05) is 40.3 Å². The number of hydrazine groups is 2. The first kappa shape index (κ1) is 12.7. The third-order valence-electron chi connectivity index (χ3n) is 3.16. The molecule has 0 fully saturated rings. The second-order valence-electron chi connectivity index (χ2n) is 5.03. The van der Waals surface area contributed by atoms with Crippen LogP contribution in [-0.4, -0.2) is 26.7 Å². The highest BCUT2D eigenvalue weighted by Gasteiger charge is 2.22. The summed E-state index contributed by atoms with van der Waals surface area (Å²) in [7, 11) is 0. The van der Waals surface area contributed by atoms with Gasteiger partial charge in [-0.05, 0) is 19.4 Å². The highest BCUT2D eigenvalue weighted by atomic mass is 15.8. The molecule has 1 aromatic heterocycles. The number of aromatic nitrogens is 2. The predicted octanol–water partition coefficient (Wildman–Crippen LogP) is 1.33. The van der Waals surface area contributed by atoms with Crippen molar-refractivity contribution in [3.05, 3.63) is 53.9 Å². The third-order valence-corrected chi connectivity index (χ3v) is 3.16. The molecule has 6 heteroatoms. The van der Waals surface area contributed by atoms with E-state index in [0.717, 1.165) is 17.9 Å². The van der Waals surface area contributed by atoms with E-state index in [0.29, 0.717) is 6.04 Å². The van der Waals surface area contributed by atoms with Crippen LogP contribution in [0.4, 0.5) is 0 Å². The smallest absolute Gasteiger partial charge is 0.176 e. The maximum atomic E-state index is 4.40. The van der Waals surface area contributed by atoms with E-state index >= 15 is 0 Å². The lowest BCUT2D eigenvalue weighted by atomic mass is 10.2. The van der Waals surface area contributed by atoms with Gasteiger partial charge in [0.05, 0.1) is 18.3 Å². The second-order valence-corrected chi connectivity index (χ2v) is 5.03. The summed E-state index contributed by atoms with van der Waals surface area (Å²) in [5, 5.41) is 10.6. The highest BCUT2D eigenvalue weighted by Crippen LogP contribution is 2.10. The first-order chi connectivity index (χ1) is 9.74. The Balaban J connectivity index is 1.77. The number of hydrogen-bond donors (Lipinski definition) is 2. The van der Waals surface area contributed by atoms with Gasteiger partial charge in [-0.15, -0.1) is 10.6 Å². The van der Waals surface area contributed by atoms with Gasteiger partial charge in [-0.25, -0.2) is 5.53 Å². The van der Waals surface area contributed by atoms with Crippen LogP contribution in [0.1, 0.15) is 25.0 Å². The number of amidine groups is 1. The van der Waals surface area contributed by atoms with Crippen LogP contribution in [0.5, 0.6) is 0 Å². The van der Waals surface area contributed by atoms with E-state index in [1.165, 1.54) is 5.56 Å². The standard InChI is InChI=1S/C14H18N6/c1-11(2)20-14(16-17-18-20)13-8-15-19(10-13)9-12-6-4-3-5-7-12/h3-8,10-11,17-18H,9H2,1-2H3. The monoisotopic (exact) mass is 270 g/mol.